The number of nitrogens with two attached hydrogens (primary N) is 1. The van der Waals surface area contributed by atoms with Gasteiger partial charge in [0.2, 0.25) is 5.88 Å². The van der Waals surface area contributed by atoms with E-state index in [1.807, 2.05) is 13.8 Å². The summed E-state index contributed by atoms with van der Waals surface area (Å²) in [7, 11) is 0. The molecule has 0 aliphatic rings. The zero-order valence-corrected chi connectivity index (χ0v) is 11.7. The molecular formula is C10H13Cl3N2O2. The summed E-state index contributed by atoms with van der Waals surface area (Å²) >= 11 is 17.5. The third-order valence-electron chi connectivity index (χ3n) is 1.91. The zero-order valence-electron chi connectivity index (χ0n) is 9.47. The van der Waals surface area contributed by atoms with E-state index in [0.29, 0.717) is 13.2 Å². The van der Waals surface area contributed by atoms with Crippen LogP contribution in [0.3, 0.4) is 0 Å². The van der Waals surface area contributed by atoms with Crippen LogP contribution in [0.4, 0.5) is 5.69 Å². The lowest BCUT2D eigenvalue weighted by atomic mass is 10.4. The summed E-state index contributed by atoms with van der Waals surface area (Å²) in [4.78, 5) is 3.92. The fraction of sp³-hybridized carbons (Fsp3) is 0.500. The van der Waals surface area contributed by atoms with Crippen LogP contribution in [0.2, 0.25) is 15.2 Å². The lowest BCUT2D eigenvalue weighted by Crippen LogP contribution is -2.20. The van der Waals surface area contributed by atoms with Crippen molar-refractivity contribution in [2.45, 2.75) is 20.0 Å². The normalized spacial score (nSPS) is 12.5. The van der Waals surface area contributed by atoms with E-state index in [-0.39, 0.29) is 32.9 Å². The van der Waals surface area contributed by atoms with Crippen molar-refractivity contribution in [2.24, 2.45) is 0 Å². The first-order chi connectivity index (χ1) is 7.97. The third-order valence-corrected chi connectivity index (χ3v) is 3.03. The number of aromatic nitrogens is 1. The van der Waals surface area contributed by atoms with E-state index in [1.165, 1.54) is 0 Å². The molecule has 0 amide bonds. The number of nitrogen functional groups attached to an aromatic ring is 1. The molecule has 0 bridgehead atoms. The molecule has 0 fully saturated rings. The first kappa shape index (κ1) is 14.6. The van der Waals surface area contributed by atoms with E-state index in [4.69, 9.17) is 50.0 Å². The van der Waals surface area contributed by atoms with E-state index in [1.54, 1.807) is 0 Å². The Morgan fingerprint density at radius 1 is 1.29 bits per heavy atom. The second-order valence-electron chi connectivity index (χ2n) is 3.34. The number of hydrogen-bond donors (Lipinski definition) is 1. The highest BCUT2D eigenvalue weighted by atomic mass is 35.5. The number of nitrogens with zero attached hydrogens (tertiary/aromatic N) is 1. The molecule has 2 N–H and O–H groups in total. The minimum Gasteiger partial charge on any atom is -0.471 e. The van der Waals surface area contributed by atoms with Crippen LogP contribution in [0.15, 0.2) is 0 Å². The average molecular weight is 300 g/mol. The highest BCUT2D eigenvalue weighted by Gasteiger charge is 2.17. The molecule has 4 nitrogen and oxygen atoms in total. The second kappa shape index (κ2) is 6.50. The molecule has 0 aromatic carbocycles. The Kier molecular flexibility index (Phi) is 5.59. The first-order valence-electron chi connectivity index (χ1n) is 5.01. The summed E-state index contributed by atoms with van der Waals surface area (Å²) in [6.45, 7) is 4.76. The topological polar surface area (TPSA) is 57.4 Å². The van der Waals surface area contributed by atoms with E-state index >= 15 is 0 Å². The maximum absolute atomic E-state index is 5.95. The Hall–Kier alpha value is -0.420. The molecule has 1 atom stereocenters. The van der Waals surface area contributed by atoms with Crippen molar-refractivity contribution in [3.8, 4) is 5.88 Å². The van der Waals surface area contributed by atoms with Crippen molar-refractivity contribution in [3.05, 3.63) is 15.2 Å². The fourth-order valence-electron chi connectivity index (χ4n) is 1.10. The van der Waals surface area contributed by atoms with Gasteiger partial charge in [-0.2, -0.15) is 4.98 Å². The van der Waals surface area contributed by atoms with Crippen molar-refractivity contribution in [1.82, 2.24) is 4.98 Å². The van der Waals surface area contributed by atoms with Gasteiger partial charge in [0.15, 0.2) is 5.15 Å². The van der Waals surface area contributed by atoms with Crippen LogP contribution in [0.5, 0.6) is 5.88 Å². The molecule has 17 heavy (non-hydrogen) atoms. The third kappa shape index (κ3) is 3.78. The number of rotatable bonds is 5. The quantitative estimate of drug-likeness (QED) is 0.846. The number of anilines is 1. The maximum Gasteiger partial charge on any atom is 0.236 e. The molecule has 0 saturated heterocycles. The number of ether oxygens (including phenoxy) is 2. The van der Waals surface area contributed by atoms with Crippen molar-refractivity contribution < 1.29 is 9.47 Å². The highest BCUT2D eigenvalue weighted by Crippen LogP contribution is 2.38. The predicted octanol–water partition coefficient (Wildman–Crippen LogP) is 3.43. The van der Waals surface area contributed by atoms with Gasteiger partial charge in [0, 0.05) is 6.61 Å². The summed E-state index contributed by atoms with van der Waals surface area (Å²) in [5, 5.41) is 0.344. The highest BCUT2D eigenvalue weighted by molar-refractivity contribution is 6.45. The van der Waals surface area contributed by atoms with Crippen LogP contribution in [0.25, 0.3) is 0 Å². The monoisotopic (exact) mass is 298 g/mol. The van der Waals surface area contributed by atoms with Crippen LogP contribution in [-0.4, -0.2) is 24.3 Å². The minimum atomic E-state index is -0.211. The lowest BCUT2D eigenvalue weighted by Gasteiger charge is -2.16. The largest absolute Gasteiger partial charge is 0.471 e. The van der Waals surface area contributed by atoms with Crippen LogP contribution in [0.1, 0.15) is 13.8 Å². The SMILES string of the molecule is CCOCC(C)Oc1nc(Cl)c(Cl)c(N)c1Cl. The summed E-state index contributed by atoms with van der Waals surface area (Å²) in [5.41, 5.74) is 5.82. The van der Waals surface area contributed by atoms with Gasteiger partial charge in [-0.25, -0.2) is 0 Å². The minimum absolute atomic E-state index is 0.0622. The van der Waals surface area contributed by atoms with Crippen molar-refractivity contribution >= 4 is 40.5 Å². The maximum atomic E-state index is 5.95. The fourth-order valence-corrected chi connectivity index (χ4v) is 1.64. The molecule has 0 saturated carbocycles. The molecule has 1 aromatic rings. The van der Waals surface area contributed by atoms with Gasteiger partial charge in [0.25, 0.3) is 0 Å². The molecule has 7 heteroatoms. The molecule has 1 unspecified atom stereocenters. The lowest BCUT2D eigenvalue weighted by molar-refractivity contribution is 0.0635. The van der Waals surface area contributed by atoms with E-state index in [0.717, 1.165) is 0 Å². The number of hydrogen-bond acceptors (Lipinski definition) is 4. The summed E-state index contributed by atoms with van der Waals surface area (Å²) < 4.78 is 10.7. The van der Waals surface area contributed by atoms with Gasteiger partial charge >= 0.3 is 0 Å². The summed E-state index contributed by atoms with van der Waals surface area (Å²) in [6.07, 6.45) is -0.211. The summed E-state index contributed by atoms with van der Waals surface area (Å²) in [6, 6.07) is 0. The zero-order chi connectivity index (χ0) is 13.0. The van der Waals surface area contributed by atoms with Crippen molar-refractivity contribution in [2.75, 3.05) is 18.9 Å². The van der Waals surface area contributed by atoms with E-state index < -0.39 is 0 Å². The van der Waals surface area contributed by atoms with Crippen LogP contribution in [-0.2, 0) is 4.74 Å². The molecule has 1 aromatic heterocycles. The molecule has 0 spiro atoms. The summed E-state index contributed by atoms with van der Waals surface area (Å²) in [5.74, 6) is 0.158. The number of pyridine rings is 1. The Bertz CT molecular complexity index is 402. The standard InChI is InChI=1S/C10H13Cl3N2O2/c1-3-16-4-5(2)17-10-7(12)8(14)6(11)9(13)15-10/h5H,3-4H2,1-2H3,(H2,14,15). The van der Waals surface area contributed by atoms with Crippen LogP contribution < -0.4 is 10.5 Å². The average Bonchev–Trinajstić information content (AvgIpc) is 2.30. The van der Waals surface area contributed by atoms with Gasteiger partial charge in [-0.3, -0.25) is 0 Å². The van der Waals surface area contributed by atoms with E-state index in [9.17, 15) is 0 Å². The van der Waals surface area contributed by atoms with E-state index in [2.05, 4.69) is 4.98 Å². The van der Waals surface area contributed by atoms with Gasteiger partial charge in [-0.1, -0.05) is 34.8 Å². The van der Waals surface area contributed by atoms with Gasteiger partial charge in [0.05, 0.1) is 12.3 Å². The van der Waals surface area contributed by atoms with Crippen LogP contribution in [0, 0.1) is 0 Å². The van der Waals surface area contributed by atoms with Gasteiger partial charge < -0.3 is 15.2 Å². The molecule has 0 aliphatic carbocycles. The Balaban J connectivity index is 2.85. The molecule has 1 rings (SSSR count). The molecule has 96 valence electrons. The van der Waals surface area contributed by atoms with Crippen molar-refractivity contribution in [3.63, 3.8) is 0 Å². The molecule has 0 radical (unpaired) electrons. The van der Waals surface area contributed by atoms with Gasteiger partial charge in [0.1, 0.15) is 16.1 Å². The first-order valence-corrected chi connectivity index (χ1v) is 6.15. The van der Waals surface area contributed by atoms with Gasteiger partial charge in [-0.05, 0) is 13.8 Å². The Morgan fingerprint density at radius 3 is 2.53 bits per heavy atom. The Labute approximate surface area is 115 Å². The van der Waals surface area contributed by atoms with Crippen molar-refractivity contribution in [1.29, 1.82) is 0 Å². The second-order valence-corrected chi connectivity index (χ2v) is 4.45. The smallest absolute Gasteiger partial charge is 0.236 e. The molecular weight excluding hydrogens is 286 g/mol. The molecule has 0 aliphatic heterocycles. The Morgan fingerprint density at radius 2 is 1.94 bits per heavy atom. The van der Waals surface area contributed by atoms with Crippen LogP contribution >= 0.6 is 34.8 Å². The van der Waals surface area contributed by atoms with Gasteiger partial charge in [-0.15, -0.1) is 0 Å². The molecule has 1 heterocycles. The number of halogens is 3. The predicted molar refractivity (Wildman–Crippen MR) is 70.3 cm³/mol.